The van der Waals surface area contributed by atoms with E-state index in [1.54, 1.807) is 0 Å². The summed E-state index contributed by atoms with van der Waals surface area (Å²) in [6.07, 6.45) is 80.9. The van der Waals surface area contributed by atoms with Crippen LogP contribution in [0.1, 0.15) is 348 Å². The Morgan fingerprint density at radius 3 is 0.952 bits per heavy atom. The van der Waals surface area contributed by atoms with Gasteiger partial charge < -0.3 is 28.5 Å². The van der Waals surface area contributed by atoms with E-state index in [9.17, 15) is 19.5 Å². The summed E-state index contributed by atoms with van der Waals surface area (Å²) in [7, 11) is 5.99. The fourth-order valence-electron chi connectivity index (χ4n) is 10.5. The topological polar surface area (TPSA) is 108 Å². The van der Waals surface area contributed by atoms with Crippen molar-refractivity contribution in [2.45, 2.75) is 360 Å². The third-order valence-electron chi connectivity index (χ3n) is 16.1. The monoisotopic (exact) mass is 1170 g/mol. The number of carbonyl (C=O) groups is 3. The molecule has 0 heterocycles. The van der Waals surface area contributed by atoms with Gasteiger partial charge in [-0.25, -0.2) is 4.79 Å². The number of carboxylic acid groups (broad SMARTS) is 1. The van der Waals surface area contributed by atoms with Gasteiger partial charge in [0.15, 0.2) is 6.10 Å². The van der Waals surface area contributed by atoms with E-state index in [1.807, 2.05) is 21.1 Å². The van der Waals surface area contributed by atoms with Gasteiger partial charge >= 0.3 is 17.9 Å². The van der Waals surface area contributed by atoms with Gasteiger partial charge in [0.1, 0.15) is 13.2 Å². The van der Waals surface area contributed by atoms with Crippen LogP contribution in [0.5, 0.6) is 0 Å². The molecule has 0 saturated heterocycles. The molecule has 0 saturated carbocycles. The molecule has 0 bridgehead atoms. The van der Waals surface area contributed by atoms with Gasteiger partial charge in [0.25, 0.3) is 6.29 Å². The molecule has 0 amide bonds. The maximum Gasteiger partial charge on any atom is 0.361 e. The van der Waals surface area contributed by atoms with Gasteiger partial charge in [-0.1, -0.05) is 306 Å². The van der Waals surface area contributed by atoms with E-state index < -0.39 is 18.4 Å². The Bertz CT molecular complexity index is 1500. The number of carboxylic acids is 1. The molecule has 0 aromatic carbocycles. The molecule has 0 aromatic rings. The number of quaternary nitrogens is 1. The summed E-state index contributed by atoms with van der Waals surface area (Å²) in [5.74, 6) is -1.98. The Morgan fingerprint density at radius 1 is 0.361 bits per heavy atom. The summed E-state index contributed by atoms with van der Waals surface area (Å²) < 4.78 is 23.0. The van der Waals surface area contributed by atoms with Gasteiger partial charge in [0, 0.05) is 12.8 Å². The minimum Gasteiger partial charge on any atom is -0.477 e. The van der Waals surface area contributed by atoms with Crippen LogP contribution in [0.3, 0.4) is 0 Å². The van der Waals surface area contributed by atoms with Gasteiger partial charge in [-0.15, -0.1) is 0 Å². The molecule has 0 aliphatic carbocycles. The number of allylic oxidation sites excluding steroid dienone is 8. The summed E-state index contributed by atoms with van der Waals surface area (Å²) >= 11 is 0. The standard InChI is InChI=1S/C74H137NO8/c1-6-8-10-12-14-16-18-20-22-24-26-28-30-31-32-33-34-35-36-37-38-39-40-41-43-45-47-49-51-53-55-57-59-61-63-65-72(77)83-70(69-82-74(73(78)79)80-67-66-75(3,4)5)68-81-71(76)64-62-60-58-56-54-52-50-48-46-44-42-29-27-25-23-21-19-17-15-13-11-9-7-2/h18-21,24-27,70,74H,6-17,22-23,28-69H2,1-5H3/p+1/b20-18-,21-19-,26-24-,27-25-. The first-order valence-electron chi connectivity index (χ1n) is 35.8. The third-order valence-corrected chi connectivity index (χ3v) is 16.1. The Morgan fingerprint density at radius 2 is 0.651 bits per heavy atom. The second-order valence-electron chi connectivity index (χ2n) is 25.5. The van der Waals surface area contributed by atoms with E-state index in [0.717, 1.165) is 51.4 Å². The molecule has 83 heavy (non-hydrogen) atoms. The zero-order valence-electron chi connectivity index (χ0n) is 55.6. The molecule has 0 aromatic heterocycles. The van der Waals surface area contributed by atoms with Gasteiger partial charge in [-0.3, -0.25) is 9.59 Å². The molecule has 1 N–H and O–H groups in total. The smallest absolute Gasteiger partial charge is 0.361 e. The first kappa shape index (κ1) is 80.2. The third kappa shape index (κ3) is 66.6. The number of unbranched alkanes of at least 4 members (excludes halogenated alkanes) is 44. The Labute approximate surface area is 514 Å². The number of likely N-dealkylation sites (N-methyl/N-ethyl adjacent to an activating group) is 1. The number of carbonyl (C=O) groups excluding carboxylic acids is 2. The van der Waals surface area contributed by atoms with Crippen molar-refractivity contribution >= 4 is 17.9 Å². The van der Waals surface area contributed by atoms with Crippen LogP contribution in [0.2, 0.25) is 0 Å². The first-order chi connectivity index (χ1) is 40.6. The van der Waals surface area contributed by atoms with Crippen LogP contribution in [0.15, 0.2) is 48.6 Å². The summed E-state index contributed by atoms with van der Waals surface area (Å²) in [4.78, 5) is 37.6. The number of hydrogen-bond acceptors (Lipinski definition) is 7. The van der Waals surface area contributed by atoms with Crippen molar-refractivity contribution in [3.05, 3.63) is 48.6 Å². The van der Waals surface area contributed by atoms with Gasteiger partial charge in [0.2, 0.25) is 0 Å². The molecular formula is C74H138NO8+. The van der Waals surface area contributed by atoms with Crippen molar-refractivity contribution in [3.63, 3.8) is 0 Å². The SMILES string of the molecule is CCCCCCC/C=C\C/C=C\CCCCCCCCCCCCCCCCCCCCCCCCCC(=O)OC(COC(=O)CCCCCCCCCCCCC/C=C\C/C=C\CCCCCCC)COC(OCC[N+](C)(C)C)C(=O)O. The lowest BCUT2D eigenvalue weighted by Crippen LogP contribution is -2.40. The minimum atomic E-state index is -1.51. The van der Waals surface area contributed by atoms with Crippen molar-refractivity contribution in [1.82, 2.24) is 0 Å². The molecule has 9 nitrogen and oxygen atoms in total. The van der Waals surface area contributed by atoms with Crippen LogP contribution < -0.4 is 0 Å². The van der Waals surface area contributed by atoms with Gasteiger partial charge in [0.05, 0.1) is 34.4 Å². The largest absolute Gasteiger partial charge is 0.477 e. The maximum absolute atomic E-state index is 12.9. The zero-order chi connectivity index (χ0) is 60.5. The lowest BCUT2D eigenvalue weighted by Gasteiger charge is -2.25. The lowest BCUT2D eigenvalue weighted by molar-refractivity contribution is -0.870. The second-order valence-corrected chi connectivity index (χ2v) is 25.5. The Hall–Kier alpha value is -2.75. The molecule has 2 atom stereocenters. The van der Waals surface area contributed by atoms with Crippen LogP contribution in [0.25, 0.3) is 0 Å². The van der Waals surface area contributed by atoms with Crippen LogP contribution in [-0.4, -0.2) is 87.4 Å². The van der Waals surface area contributed by atoms with Crippen molar-refractivity contribution in [2.24, 2.45) is 0 Å². The van der Waals surface area contributed by atoms with Crippen LogP contribution >= 0.6 is 0 Å². The quantitative estimate of drug-likeness (QED) is 0.0211. The summed E-state index contributed by atoms with van der Waals surface area (Å²) in [6, 6.07) is 0. The van der Waals surface area contributed by atoms with Crippen LogP contribution in [-0.2, 0) is 33.3 Å². The average molecular weight is 1170 g/mol. The van der Waals surface area contributed by atoms with E-state index >= 15 is 0 Å². The fraction of sp³-hybridized carbons (Fsp3) is 0.851. The number of hydrogen-bond donors (Lipinski definition) is 1. The number of nitrogens with zero attached hydrogens (tertiary/aromatic N) is 1. The maximum atomic E-state index is 12.9. The molecule has 0 rings (SSSR count). The summed E-state index contributed by atoms with van der Waals surface area (Å²) in [5, 5.41) is 9.75. The predicted molar refractivity (Wildman–Crippen MR) is 355 cm³/mol. The highest BCUT2D eigenvalue weighted by molar-refractivity contribution is 5.71. The molecule has 0 fully saturated rings. The Balaban J connectivity index is 4.03. The first-order valence-corrected chi connectivity index (χ1v) is 35.8. The molecule has 9 heteroatoms. The van der Waals surface area contributed by atoms with Crippen molar-refractivity contribution in [2.75, 3.05) is 47.5 Å². The Kier molecular flexibility index (Phi) is 63.1. The van der Waals surface area contributed by atoms with E-state index in [2.05, 4.69) is 62.5 Å². The van der Waals surface area contributed by atoms with E-state index in [1.165, 1.54) is 270 Å². The molecular weight excluding hydrogens is 1030 g/mol. The van der Waals surface area contributed by atoms with Crippen LogP contribution in [0.4, 0.5) is 0 Å². The van der Waals surface area contributed by atoms with Crippen molar-refractivity contribution < 1.29 is 42.9 Å². The van der Waals surface area contributed by atoms with E-state index in [4.69, 9.17) is 18.9 Å². The van der Waals surface area contributed by atoms with Gasteiger partial charge in [-0.2, -0.15) is 0 Å². The molecule has 0 aliphatic rings. The fourth-order valence-corrected chi connectivity index (χ4v) is 10.5. The second kappa shape index (κ2) is 65.2. The van der Waals surface area contributed by atoms with Gasteiger partial charge in [-0.05, 0) is 77.0 Å². The number of esters is 2. The minimum absolute atomic E-state index is 0.179. The molecule has 486 valence electrons. The number of aliphatic carboxylic acids is 1. The van der Waals surface area contributed by atoms with E-state index in [-0.39, 0.29) is 38.2 Å². The molecule has 0 aliphatic heterocycles. The molecule has 2 unspecified atom stereocenters. The number of rotatable bonds is 67. The van der Waals surface area contributed by atoms with E-state index in [0.29, 0.717) is 17.4 Å². The summed E-state index contributed by atoms with van der Waals surface area (Å²) in [6.45, 7) is 4.91. The highest BCUT2D eigenvalue weighted by Gasteiger charge is 2.25. The molecule has 0 spiro atoms. The van der Waals surface area contributed by atoms with Crippen molar-refractivity contribution in [1.29, 1.82) is 0 Å². The lowest BCUT2D eigenvalue weighted by atomic mass is 10.0. The normalized spacial score (nSPS) is 12.9. The number of ether oxygens (including phenoxy) is 4. The molecule has 0 radical (unpaired) electrons. The zero-order valence-corrected chi connectivity index (χ0v) is 55.6. The highest BCUT2D eigenvalue weighted by atomic mass is 16.7. The predicted octanol–water partition coefficient (Wildman–Crippen LogP) is 22.1. The highest BCUT2D eigenvalue weighted by Crippen LogP contribution is 2.18. The van der Waals surface area contributed by atoms with Crippen LogP contribution in [0, 0.1) is 0 Å². The van der Waals surface area contributed by atoms with Crippen molar-refractivity contribution in [3.8, 4) is 0 Å². The average Bonchev–Trinajstić information content (AvgIpc) is 3.46. The summed E-state index contributed by atoms with van der Waals surface area (Å²) in [5.41, 5.74) is 0.